The largest absolute Gasteiger partial charge is 0.481 e. The van der Waals surface area contributed by atoms with Gasteiger partial charge in [-0.2, -0.15) is 0 Å². The molecule has 0 unspecified atom stereocenters. The smallest absolute Gasteiger partial charge is 0.313 e. The highest BCUT2D eigenvalue weighted by atomic mass is 32.2. The molecule has 0 saturated heterocycles. The van der Waals surface area contributed by atoms with Crippen molar-refractivity contribution in [2.45, 2.75) is 44.3 Å². The Labute approximate surface area is 122 Å². The van der Waals surface area contributed by atoms with Crippen LogP contribution in [-0.4, -0.2) is 31.4 Å². The van der Waals surface area contributed by atoms with Gasteiger partial charge in [0.25, 0.3) is 0 Å². The van der Waals surface area contributed by atoms with Gasteiger partial charge in [0.1, 0.15) is 5.52 Å². The average Bonchev–Trinajstić information content (AvgIpc) is 2.83. The molecule has 20 heavy (non-hydrogen) atoms. The van der Waals surface area contributed by atoms with E-state index in [1.807, 2.05) is 12.1 Å². The summed E-state index contributed by atoms with van der Waals surface area (Å²) in [6.07, 6.45) is 3.62. The summed E-state index contributed by atoms with van der Waals surface area (Å²) < 4.78 is 2.09. The van der Waals surface area contributed by atoms with E-state index in [9.17, 15) is 4.79 Å². The predicted octanol–water partition coefficient (Wildman–Crippen LogP) is 3.14. The highest BCUT2D eigenvalue weighted by Gasteiger charge is 2.28. The Bertz CT molecular complexity index is 620. The van der Waals surface area contributed by atoms with Gasteiger partial charge in [0.15, 0.2) is 10.8 Å². The Morgan fingerprint density at radius 1 is 1.45 bits per heavy atom. The molecule has 0 saturated carbocycles. The van der Waals surface area contributed by atoms with Crippen molar-refractivity contribution >= 4 is 28.9 Å². The number of rotatable bonds is 6. The van der Waals surface area contributed by atoms with E-state index in [1.165, 1.54) is 11.8 Å². The maximum atomic E-state index is 10.8. The molecular weight excluding hydrogens is 274 g/mol. The standard InChI is InChI=1S/C14H19N3O2S/c1-4-14(3,5-2)17-12-10(7-6-8-15-12)16-13(17)20-9-11(18)19/h6-8H,4-5,9H2,1-3H3,(H,18,19). The quantitative estimate of drug-likeness (QED) is 0.829. The molecule has 2 rings (SSSR count). The van der Waals surface area contributed by atoms with Crippen molar-refractivity contribution in [3.63, 3.8) is 0 Å². The number of nitrogens with zero attached hydrogens (tertiary/aromatic N) is 3. The number of carboxylic acids is 1. The minimum atomic E-state index is -0.837. The van der Waals surface area contributed by atoms with Gasteiger partial charge >= 0.3 is 5.97 Å². The third kappa shape index (κ3) is 2.65. The summed E-state index contributed by atoms with van der Waals surface area (Å²) in [5.41, 5.74) is 1.53. The molecular formula is C14H19N3O2S. The molecule has 2 aromatic rings. The van der Waals surface area contributed by atoms with Crippen LogP contribution in [0.4, 0.5) is 0 Å². The van der Waals surface area contributed by atoms with Crippen LogP contribution in [0.2, 0.25) is 0 Å². The Morgan fingerprint density at radius 3 is 2.75 bits per heavy atom. The number of hydrogen-bond acceptors (Lipinski definition) is 4. The van der Waals surface area contributed by atoms with Crippen molar-refractivity contribution in [3.05, 3.63) is 18.3 Å². The topological polar surface area (TPSA) is 68.0 Å². The van der Waals surface area contributed by atoms with Crippen molar-refractivity contribution in [2.75, 3.05) is 5.75 Å². The number of aliphatic carboxylic acids is 1. The second-order valence-corrected chi connectivity index (χ2v) is 5.90. The van der Waals surface area contributed by atoms with E-state index in [0.29, 0.717) is 0 Å². The summed E-state index contributed by atoms with van der Waals surface area (Å²) >= 11 is 1.25. The summed E-state index contributed by atoms with van der Waals surface area (Å²) in [6.45, 7) is 6.42. The van der Waals surface area contributed by atoms with Crippen molar-refractivity contribution < 1.29 is 9.90 Å². The summed E-state index contributed by atoms with van der Waals surface area (Å²) in [7, 11) is 0. The third-order valence-corrected chi connectivity index (χ3v) is 4.70. The molecule has 0 aliphatic carbocycles. The van der Waals surface area contributed by atoms with Gasteiger partial charge in [-0.05, 0) is 31.9 Å². The van der Waals surface area contributed by atoms with Crippen LogP contribution in [0.3, 0.4) is 0 Å². The van der Waals surface area contributed by atoms with E-state index in [2.05, 4.69) is 35.3 Å². The molecule has 2 aromatic heterocycles. The second-order valence-electron chi connectivity index (χ2n) is 4.96. The lowest BCUT2D eigenvalue weighted by Crippen LogP contribution is -2.29. The van der Waals surface area contributed by atoms with Crippen LogP contribution in [0.25, 0.3) is 11.2 Å². The maximum Gasteiger partial charge on any atom is 0.313 e. The minimum Gasteiger partial charge on any atom is -0.481 e. The zero-order valence-corrected chi connectivity index (χ0v) is 12.8. The van der Waals surface area contributed by atoms with Crippen molar-refractivity contribution in [2.24, 2.45) is 0 Å². The zero-order chi connectivity index (χ0) is 14.8. The lowest BCUT2D eigenvalue weighted by molar-refractivity contribution is -0.133. The molecule has 1 N–H and O–H groups in total. The molecule has 0 bridgehead atoms. The van der Waals surface area contributed by atoms with Crippen LogP contribution >= 0.6 is 11.8 Å². The molecule has 0 aliphatic heterocycles. The monoisotopic (exact) mass is 293 g/mol. The molecule has 0 spiro atoms. The fourth-order valence-corrected chi connectivity index (χ4v) is 3.02. The van der Waals surface area contributed by atoms with Crippen molar-refractivity contribution in [1.82, 2.24) is 14.5 Å². The number of pyridine rings is 1. The van der Waals surface area contributed by atoms with E-state index >= 15 is 0 Å². The Morgan fingerprint density at radius 2 is 2.15 bits per heavy atom. The van der Waals surface area contributed by atoms with Gasteiger partial charge in [0, 0.05) is 11.7 Å². The molecule has 0 atom stereocenters. The average molecular weight is 293 g/mol. The summed E-state index contributed by atoms with van der Waals surface area (Å²) in [5, 5.41) is 9.61. The highest BCUT2D eigenvalue weighted by Crippen LogP contribution is 2.34. The Kier molecular flexibility index (Phi) is 4.32. The number of hydrogen-bond donors (Lipinski definition) is 1. The van der Waals surface area contributed by atoms with Gasteiger partial charge in [0.05, 0.1) is 5.75 Å². The molecule has 108 valence electrons. The SMILES string of the molecule is CCC(C)(CC)n1c(SCC(=O)O)nc2cccnc21. The lowest BCUT2D eigenvalue weighted by Gasteiger charge is -2.30. The number of carboxylic acid groups (broad SMARTS) is 1. The maximum absolute atomic E-state index is 10.8. The molecule has 0 aromatic carbocycles. The van der Waals surface area contributed by atoms with Crippen LogP contribution < -0.4 is 0 Å². The molecule has 0 radical (unpaired) electrons. The first kappa shape index (κ1) is 14.8. The van der Waals surface area contributed by atoms with Crippen LogP contribution in [0.15, 0.2) is 23.5 Å². The van der Waals surface area contributed by atoms with Gasteiger partial charge in [-0.3, -0.25) is 9.36 Å². The van der Waals surface area contributed by atoms with Gasteiger partial charge in [0.2, 0.25) is 0 Å². The van der Waals surface area contributed by atoms with E-state index in [-0.39, 0.29) is 11.3 Å². The number of fused-ring (bicyclic) bond motifs is 1. The summed E-state index contributed by atoms with van der Waals surface area (Å²) in [4.78, 5) is 19.8. The number of aromatic nitrogens is 3. The molecule has 0 aliphatic rings. The van der Waals surface area contributed by atoms with Crippen LogP contribution in [0, 0.1) is 0 Å². The van der Waals surface area contributed by atoms with Gasteiger partial charge < -0.3 is 5.11 Å². The van der Waals surface area contributed by atoms with Gasteiger partial charge in [-0.25, -0.2) is 9.97 Å². The van der Waals surface area contributed by atoms with Gasteiger partial charge in [-0.1, -0.05) is 25.6 Å². The van der Waals surface area contributed by atoms with Crippen molar-refractivity contribution in [1.29, 1.82) is 0 Å². The molecule has 2 heterocycles. The van der Waals surface area contributed by atoms with E-state index in [0.717, 1.165) is 29.2 Å². The zero-order valence-electron chi connectivity index (χ0n) is 12.0. The lowest BCUT2D eigenvalue weighted by atomic mass is 9.95. The van der Waals surface area contributed by atoms with Crippen LogP contribution in [-0.2, 0) is 10.3 Å². The second kappa shape index (κ2) is 5.83. The fraction of sp³-hybridized carbons (Fsp3) is 0.500. The Hall–Kier alpha value is -1.56. The third-order valence-electron chi connectivity index (χ3n) is 3.77. The Balaban J connectivity index is 2.58. The summed E-state index contributed by atoms with van der Waals surface area (Å²) in [5.74, 6) is -0.830. The molecule has 0 fully saturated rings. The predicted molar refractivity (Wildman–Crippen MR) is 80.1 cm³/mol. The first-order valence-corrected chi connectivity index (χ1v) is 7.69. The molecule has 6 heteroatoms. The van der Waals surface area contributed by atoms with E-state index < -0.39 is 5.97 Å². The van der Waals surface area contributed by atoms with Gasteiger partial charge in [-0.15, -0.1) is 0 Å². The normalized spacial score (nSPS) is 11.9. The molecule has 5 nitrogen and oxygen atoms in total. The molecule has 0 amide bonds. The number of imidazole rings is 1. The highest BCUT2D eigenvalue weighted by molar-refractivity contribution is 7.99. The minimum absolute atomic E-state index is 0.00678. The van der Waals surface area contributed by atoms with Crippen molar-refractivity contribution in [3.8, 4) is 0 Å². The first-order chi connectivity index (χ1) is 9.51. The van der Waals surface area contributed by atoms with E-state index in [1.54, 1.807) is 6.20 Å². The van der Waals surface area contributed by atoms with E-state index in [4.69, 9.17) is 5.11 Å². The number of thioether (sulfide) groups is 1. The summed E-state index contributed by atoms with van der Waals surface area (Å²) in [6, 6.07) is 3.76. The fourth-order valence-electron chi connectivity index (χ4n) is 2.17. The van der Waals surface area contributed by atoms with Crippen LogP contribution in [0.5, 0.6) is 0 Å². The number of carbonyl (C=O) groups is 1. The first-order valence-electron chi connectivity index (χ1n) is 6.70. The van der Waals surface area contributed by atoms with Crippen LogP contribution in [0.1, 0.15) is 33.6 Å².